The number of hydrogen-bond acceptors (Lipinski definition) is 2. The first-order valence-corrected chi connectivity index (χ1v) is 7.63. The summed E-state index contributed by atoms with van der Waals surface area (Å²) in [4.78, 5) is 1.42. The predicted molar refractivity (Wildman–Crippen MR) is 77.9 cm³/mol. The summed E-state index contributed by atoms with van der Waals surface area (Å²) in [6, 6.07) is 15.5. The van der Waals surface area contributed by atoms with Gasteiger partial charge < -0.3 is 5.32 Å². The van der Waals surface area contributed by atoms with Crippen molar-refractivity contribution in [2.24, 2.45) is 5.92 Å². The van der Waals surface area contributed by atoms with Crippen LogP contribution in [0.3, 0.4) is 0 Å². The zero-order chi connectivity index (χ0) is 12.2. The van der Waals surface area contributed by atoms with Crippen molar-refractivity contribution < 1.29 is 0 Å². The van der Waals surface area contributed by atoms with Gasteiger partial charge in [-0.05, 0) is 42.3 Å². The van der Waals surface area contributed by atoms with Gasteiger partial charge in [0.2, 0.25) is 0 Å². The Morgan fingerprint density at radius 1 is 1.11 bits per heavy atom. The van der Waals surface area contributed by atoms with E-state index in [0.717, 1.165) is 12.5 Å². The zero-order valence-electron chi connectivity index (χ0n) is 10.5. The van der Waals surface area contributed by atoms with Crippen LogP contribution in [0.25, 0.3) is 0 Å². The molecule has 0 saturated heterocycles. The van der Waals surface area contributed by atoms with Gasteiger partial charge in [0.05, 0.1) is 6.04 Å². The van der Waals surface area contributed by atoms with E-state index in [9.17, 15) is 0 Å². The first-order chi connectivity index (χ1) is 8.93. The van der Waals surface area contributed by atoms with Gasteiger partial charge in [0.1, 0.15) is 0 Å². The molecule has 1 nitrogen and oxygen atoms in total. The molecule has 2 aromatic rings. The predicted octanol–water partition coefficient (Wildman–Crippen LogP) is 4.23. The summed E-state index contributed by atoms with van der Waals surface area (Å²) in [5.41, 5.74) is 1.37. The smallest absolute Gasteiger partial charge is 0.0671 e. The molecule has 1 aliphatic rings. The van der Waals surface area contributed by atoms with Crippen molar-refractivity contribution in [3.05, 3.63) is 58.3 Å². The maximum Gasteiger partial charge on any atom is 0.0671 e. The minimum Gasteiger partial charge on any atom is -0.305 e. The zero-order valence-corrected chi connectivity index (χ0v) is 11.3. The fourth-order valence-corrected chi connectivity index (χ4v) is 3.29. The molecule has 1 N–H and O–H groups in total. The molecule has 1 saturated carbocycles. The van der Waals surface area contributed by atoms with E-state index in [2.05, 4.69) is 53.2 Å². The molecule has 1 aromatic heterocycles. The monoisotopic (exact) mass is 257 g/mol. The molecule has 1 heterocycles. The molecule has 1 fully saturated rings. The molecule has 1 aliphatic carbocycles. The van der Waals surface area contributed by atoms with Crippen LogP contribution in [0.1, 0.15) is 35.7 Å². The maximum atomic E-state index is 3.75. The van der Waals surface area contributed by atoms with Crippen LogP contribution in [0, 0.1) is 5.92 Å². The summed E-state index contributed by atoms with van der Waals surface area (Å²) < 4.78 is 0. The van der Waals surface area contributed by atoms with Gasteiger partial charge in [0.15, 0.2) is 0 Å². The van der Waals surface area contributed by atoms with Crippen LogP contribution in [-0.2, 0) is 0 Å². The summed E-state index contributed by atoms with van der Waals surface area (Å²) in [6.07, 6.45) is 4.22. The van der Waals surface area contributed by atoms with E-state index in [0.29, 0.717) is 6.04 Å². The van der Waals surface area contributed by atoms with E-state index in [1.165, 1.54) is 29.7 Å². The molecule has 1 aromatic carbocycles. The van der Waals surface area contributed by atoms with Crippen LogP contribution in [0.2, 0.25) is 0 Å². The van der Waals surface area contributed by atoms with Gasteiger partial charge in [-0.3, -0.25) is 0 Å². The topological polar surface area (TPSA) is 12.0 Å². The second-order valence-electron chi connectivity index (χ2n) is 5.06. The molecule has 0 aliphatic heterocycles. The Labute approximate surface area is 113 Å². The first-order valence-electron chi connectivity index (χ1n) is 6.75. The lowest BCUT2D eigenvalue weighted by atomic mass is 9.85. The number of hydrogen-bond donors (Lipinski definition) is 1. The fraction of sp³-hybridized carbons (Fsp3) is 0.375. The normalized spacial score (nSPS) is 17.3. The lowest BCUT2D eigenvalue weighted by Gasteiger charge is -2.28. The van der Waals surface area contributed by atoms with Gasteiger partial charge >= 0.3 is 0 Å². The molecular formula is C16H19NS. The summed E-state index contributed by atoms with van der Waals surface area (Å²) in [7, 11) is 0. The highest BCUT2D eigenvalue weighted by atomic mass is 32.1. The highest BCUT2D eigenvalue weighted by Gasteiger charge is 2.20. The molecule has 0 amide bonds. The third-order valence-electron chi connectivity index (χ3n) is 3.80. The minimum atomic E-state index is 0.367. The molecule has 1 atom stereocenters. The molecule has 3 rings (SSSR count). The van der Waals surface area contributed by atoms with E-state index in [1.54, 1.807) is 0 Å². The van der Waals surface area contributed by atoms with Gasteiger partial charge in [-0.15, -0.1) is 11.3 Å². The standard InChI is InChI=1S/C16H19NS/c1-2-8-14(9-3-1)16(15-10-5-11-18-15)17-12-13-6-4-7-13/h1-3,5,8-11,13,16-17H,4,6-7,12H2. The molecule has 0 radical (unpaired) electrons. The SMILES string of the molecule is c1ccc(C(NCC2CCC2)c2cccs2)cc1. The molecule has 2 heteroatoms. The van der Waals surface area contributed by atoms with Gasteiger partial charge in [-0.2, -0.15) is 0 Å². The number of benzene rings is 1. The summed E-state index contributed by atoms with van der Waals surface area (Å²) in [5, 5.41) is 5.91. The lowest BCUT2D eigenvalue weighted by molar-refractivity contribution is 0.295. The van der Waals surface area contributed by atoms with Crippen molar-refractivity contribution >= 4 is 11.3 Å². The Morgan fingerprint density at radius 2 is 1.94 bits per heavy atom. The van der Waals surface area contributed by atoms with Crippen LogP contribution in [0.5, 0.6) is 0 Å². The largest absolute Gasteiger partial charge is 0.305 e. The Kier molecular flexibility index (Phi) is 3.77. The molecule has 1 unspecified atom stereocenters. The van der Waals surface area contributed by atoms with Gasteiger partial charge in [-0.25, -0.2) is 0 Å². The quantitative estimate of drug-likeness (QED) is 0.845. The third-order valence-corrected chi connectivity index (χ3v) is 4.73. The maximum absolute atomic E-state index is 3.75. The lowest BCUT2D eigenvalue weighted by Crippen LogP contribution is -2.30. The van der Waals surface area contributed by atoms with Gasteiger partial charge in [0, 0.05) is 4.88 Å². The summed E-state index contributed by atoms with van der Waals surface area (Å²) in [5.74, 6) is 0.899. The Balaban J connectivity index is 1.75. The summed E-state index contributed by atoms with van der Waals surface area (Å²) >= 11 is 1.84. The highest BCUT2D eigenvalue weighted by molar-refractivity contribution is 7.10. The van der Waals surface area contributed by atoms with E-state index in [4.69, 9.17) is 0 Å². The van der Waals surface area contributed by atoms with Crippen molar-refractivity contribution in [1.29, 1.82) is 0 Å². The van der Waals surface area contributed by atoms with Crippen LogP contribution in [-0.4, -0.2) is 6.54 Å². The number of rotatable bonds is 5. The van der Waals surface area contributed by atoms with Crippen molar-refractivity contribution in [2.45, 2.75) is 25.3 Å². The van der Waals surface area contributed by atoms with Crippen molar-refractivity contribution in [3.8, 4) is 0 Å². The average molecular weight is 257 g/mol. The van der Waals surface area contributed by atoms with Gasteiger partial charge in [0.25, 0.3) is 0 Å². The van der Waals surface area contributed by atoms with E-state index in [1.807, 2.05) is 11.3 Å². The molecule has 94 valence electrons. The second kappa shape index (κ2) is 5.68. The Bertz CT molecular complexity index is 459. The van der Waals surface area contributed by atoms with Crippen LogP contribution in [0.4, 0.5) is 0 Å². The van der Waals surface area contributed by atoms with Crippen LogP contribution >= 0.6 is 11.3 Å². The van der Waals surface area contributed by atoms with Crippen molar-refractivity contribution in [2.75, 3.05) is 6.54 Å². The summed E-state index contributed by atoms with van der Waals surface area (Å²) in [6.45, 7) is 1.15. The molecule has 0 spiro atoms. The van der Waals surface area contributed by atoms with Gasteiger partial charge in [-0.1, -0.05) is 42.8 Å². The highest BCUT2D eigenvalue weighted by Crippen LogP contribution is 2.29. The minimum absolute atomic E-state index is 0.367. The Morgan fingerprint density at radius 3 is 2.56 bits per heavy atom. The van der Waals surface area contributed by atoms with Crippen LogP contribution < -0.4 is 5.32 Å². The molecule has 18 heavy (non-hydrogen) atoms. The van der Waals surface area contributed by atoms with E-state index < -0.39 is 0 Å². The molecule has 0 bridgehead atoms. The van der Waals surface area contributed by atoms with Crippen LogP contribution in [0.15, 0.2) is 47.8 Å². The molecular weight excluding hydrogens is 238 g/mol. The average Bonchev–Trinajstić information content (AvgIpc) is 2.87. The second-order valence-corrected chi connectivity index (χ2v) is 6.04. The Hall–Kier alpha value is -1.12. The first kappa shape index (κ1) is 11.9. The third kappa shape index (κ3) is 2.65. The van der Waals surface area contributed by atoms with E-state index in [-0.39, 0.29) is 0 Å². The number of nitrogens with one attached hydrogen (secondary N) is 1. The fourth-order valence-electron chi connectivity index (χ4n) is 2.47. The van der Waals surface area contributed by atoms with Crippen molar-refractivity contribution in [1.82, 2.24) is 5.32 Å². The van der Waals surface area contributed by atoms with Crippen molar-refractivity contribution in [3.63, 3.8) is 0 Å². The van der Waals surface area contributed by atoms with E-state index >= 15 is 0 Å². The number of thiophene rings is 1.